The SMILES string of the molecule is Cn1nnc(CC(NN)C2CC3CCC2O3)n1. The lowest BCUT2D eigenvalue weighted by atomic mass is 9.83. The highest BCUT2D eigenvalue weighted by Gasteiger charge is 2.44. The Balaban J connectivity index is 1.67. The maximum atomic E-state index is 5.85. The van der Waals surface area contributed by atoms with Crippen LogP contribution in [0.3, 0.4) is 0 Å². The molecule has 3 heterocycles. The Morgan fingerprint density at radius 3 is 3.00 bits per heavy atom. The molecule has 0 radical (unpaired) electrons. The smallest absolute Gasteiger partial charge is 0.176 e. The van der Waals surface area contributed by atoms with E-state index >= 15 is 0 Å². The quantitative estimate of drug-likeness (QED) is 0.524. The van der Waals surface area contributed by atoms with Crippen molar-refractivity contribution in [3.8, 4) is 0 Å². The van der Waals surface area contributed by atoms with Crippen molar-refractivity contribution in [2.45, 2.75) is 43.9 Å². The van der Waals surface area contributed by atoms with E-state index in [0.29, 0.717) is 24.5 Å². The molecular formula is C10H18N6O. The summed E-state index contributed by atoms with van der Waals surface area (Å²) in [5.74, 6) is 6.86. The summed E-state index contributed by atoms with van der Waals surface area (Å²) in [6.07, 6.45) is 4.96. The zero-order valence-corrected chi connectivity index (χ0v) is 9.91. The summed E-state index contributed by atoms with van der Waals surface area (Å²) in [7, 11) is 1.77. The molecule has 7 nitrogen and oxygen atoms in total. The highest BCUT2D eigenvalue weighted by atomic mass is 16.5. The number of hydrogen-bond acceptors (Lipinski definition) is 6. The molecule has 3 N–H and O–H groups in total. The Labute approximate surface area is 99.7 Å². The first-order chi connectivity index (χ1) is 8.26. The van der Waals surface area contributed by atoms with Crippen LogP contribution in [0, 0.1) is 5.92 Å². The van der Waals surface area contributed by atoms with E-state index in [4.69, 9.17) is 10.6 Å². The number of hydrazine groups is 1. The second-order valence-corrected chi connectivity index (χ2v) is 4.95. The topological polar surface area (TPSA) is 90.9 Å². The van der Waals surface area contributed by atoms with Gasteiger partial charge in [-0.3, -0.25) is 11.3 Å². The van der Waals surface area contributed by atoms with Crippen molar-refractivity contribution in [3.05, 3.63) is 5.82 Å². The molecule has 0 saturated carbocycles. The Morgan fingerprint density at radius 1 is 1.59 bits per heavy atom. The van der Waals surface area contributed by atoms with E-state index in [1.54, 1.807) is 7.05 Å². The molecule has 2 fully saturated rings. The van der Waals surface area contributed by atoms with Gasteiger partial charge in [0.05, 0.1) is 19.3 Å². The zero-order chi connectivity index (χ0) is 11.8. The van der Waals surface area contributed by atoms with Crippen LogP contribution in [0.2, 0.25) is 0 Å². The second-order valence-electron chi connectivity index (χ2n) is 4.95. The number of ether oxygens (including phenoxy) is 1. The monoisotopic (exact) mass is 238 g/mol. The van der Waals surface area contributed by atoms with Crippen molar-refractivity contribution in [1.29, 1.82) is 0 Å². The van der Waals surface area contributed by atoms with Crippen LogP contribution < -0.4 is 11.3 Å². The van der Waals surface area contributed by atoms with Crippen molar-refractivity contribution in [1.82, 2.24) is 25.6 Å². The first-order valence-corrected chi connectivity index (χ1v) is 6.10. The van der Waals surface area contributed by atoms with E-state index in [0.717, 1.165) is 18.7 Å². The zero-order valence-electron chi connectivity index (χ0n) is 9.91. The molecule has 2 aliphatic rings. The van der Waals surface area contributed by atoms with E-state index < -0.39 is 0 Å². The summed E-state index contributed by atoms with van der Waals surface area (Å²) in [4.78, 5) is 1.47. The third-order valence-electron chi connectivity index (χ3n) is 3.84. The van der Waals surface area contributed by atoms with E-state index in [1.807, 2.05) is 0 Å². The van der Waals surface area contributed by atoms with Gasteiger partial charge in [-0.05, 0) is 24.5 Å². The molecule has 17 heavy (non-hydrogen) atoms. The van der Waals surface area contributed by atoms with Crippen LogP contribution in [0.25, 0.3) is 0 Å². The Kier molecular flexibility index (Phi) is 2.81. The summed E-state index contributed by atoms with van der Waals surface area (Å²) in [6, 6.07) is 0.175. The summed E-state index contributed by atoms with van der Waals surface area (Å²) in [5, 5.41) is 12.0. The molecule has 7 heteroatoms. The van der Waals surface area contributed by atoms with E-state index in [1.165, 1.54) is 11.2 Å². The standard InChI is InChI=1S/C10H18N6O/c1-16-14-10(13-15-16)5-8(12-11)7-4-6-2-3-9(7)17-6/h6-9,12H,2-5,11H2,1H3. The Morgan fingerprint density at radius 2 is 2.47 bits per heavy atom. The lowest BCUT2D eigenvalue weighted by molar-refractivity contribution is 0.0855. The fourth-order valence-corrected chi connectivity index (χ4v) is 3.04. The average molecular weight is 238 g/mol. The molecule has 1 aromatic heterocycles. The number of nitrogens with zero attached hydrogens (tertiary/aromatic N) is 4. The lowest BCUT2D eigenvalue weighted by Crippen LogP contribution is -2.46. The first kappa shape index (κ1) is 11.1. The molecule has 0 aliphatic carbocycles. The Bertz CT molecular complexity index is 394. The van der Waals surface area contributed by atoms with E-state index in [9.17, 15) is 0 Å². The van der Waals surface area contributed by atoms with E-state index in [2.05, 4.69) is 20.8 Å². The van der Waals surface area contributed by atoms with Crippen LogP contribution in [0.4, 0.5) is 0 Å². The third-order valence-corrected chi connectivity index (χ3v) is 3.84. The van der Waals surface area contributed by atoms with E-state index in [-0.39, 0.29) is 6.04 Å². The van der Waals surface area contributed by atoms with Crippen LogP contribution >= 0.6 is 0 Å². The molecule has 1 aromatic rings. The van der Waals surface area contributed by atoms with Crippen molar-refractivity contribution in [2.75, 3.05) is 0 Å². The maximum Gasteiger partial charge on any atom is 0.176 e. The van der Waals surface area contributed by atoms with Crippen molar-refractivity contribution < 1.29 is 4.74 Å². The van der Waals surface area contributed by atoms with Gasteiger partial charge >= 0.3 is 0 Å². The number of rotatable bonds is 4. The average Bonchev–Trinajstić information content (AvgIpc) is 3.01. The van der Waals surface area contributed by atoms with Gasteiger partial charge < -0.3 is 4.74 Å². The Hall–Kier alpha value is -1.05. The molecule has 0 spiro atoms. The van der Waals surface area contributed by atoms with Crippen molar-refractivity contribution in [2.24, 2.45) is 18.8 Å². The van der Waals surface area contributed by atoms with Gasteiger partial charge in [0.15, 0.2) is 5.82 Å². The summed E-state index contributed by atoms with van der Waals surface area (Å²) >= 11 is 0. The number of aromatic nitrogens is 4. The fourth-order valence-electron chi connectivity index (χ4n) is 3.04. The van der Waals surface area contributed by atoms with Gasteiger partial charge in [0.25, 0.3) is 0 Å². The van der Waals surface area contributed by atoms with Crippen LogP contribution in [0.15, 0.2) is 0 Å². The van der Waals surface area contributed by atoms with Crippen molar-refractivity contribution in [3.63, 3.8) is 0 Å². The van der Waals surface area contributed by atoms with Crippen LogP contribution in [-0.2, 0) is 18.2 Å². The van der Waals surface area contributed by atoms with Gasteiger partial charge in [-0.25, -0.2) is 0 Å². The fraction of sp³-hybridized carbons (Fsp3) is 0.900. The largest absolute Gasteiger partial charge is 0.375 e. The molecule has 2 bridgehead atoms. The molecule has 4 atom stereocenters. The number of nitrogens with two attached hydrogens (primary N) is 1. The molecule has 4 unspecified atom stereocenters. The maximum absolute atomic E-state index is 5.85. The van der Waals surface area contributed by atoms with Gasteiger partial charge in [0.1, 0.15) is 0 Å². The molecule has 94 valence electrons. The molecular weight excluding hydrogens is 220 g/mol. The van der Waals surface area contributed by atoms with Crippen molar-refractivity contribution >= 4 is 0 Å². The third kappa shape index (κ3) is 2.05. The minimum atomic E-state index is 0.175. The summed E-state index contributed by atoms with van der Waals surface area (Å²) in [5.41, 5.74) is 2.89. The first-order valence-electron chi connectivity index (χ1n) is 6.10. The van der Waals surface area contributed by atoms with Crippen LogP contribution in [0.5, 0.6) is 0 Å². The van der Waals surface area contributed by atoms with Gasteiger partial charge in [0.2, 0.25) is 0 Å². The predicted octanol–water partition coefficient (Wildman–Crippen LogP) is -0.848. The number of aryl methyl sites for hydroxylation is 1. The molecule has 0 amide bonds. The number of hydrogen-bond donors (Lipinski definition) is 2. The van der Waals surface area contributed by atoms with Crippen LogP contribution in [-0.4, -0.2) is 38.5 Å². The predicted molar refractivity (Wildman–Crippen MR) is 59.6 cm³/mol. The van der Waals surface area contributed by atoms with Gasteiger partial charge in [-0.2, -0.15) is 4.80 Å². The van der Waals surface area contributed by atoms with Gasteiger partial charge in [0, 0.05) is 18.4 Å². The number of tetrazole rings is 1. The van der Waals surface area contributed by atoms with Crippen LogP contribution in [0.1, 0.15) is 25.1 Å². The molecule has 0 aromatic carbocycles. The summed E-state index contributed by atoms with van der Waals surface area (Å²) in [6.45, 7) is 0. The molecule has 2 aliphatic heterocycles. The number of nitrogens with one attached hydrogen (secondary N) is 1. The molecule has 2 saturated heterocycles. The highest BCUT2D eigenvalue weighted by molar-refractivity contribution is 4.97. The highest BCUT2D eigenvalue weighted by Crippen LogP contribution is 2.40. The normalized spacial score (nSPS) is 33.2. The minimum Gasteiger partial charge on any atom is -0.375 e. The number of fused-ring (bicyclic) bond motifs is 2. The second kappa shape index (κ2) is 4.32. The van der Waals surface area contributed by atoms with Gasteiger partial charge in [-0.15, -0.1) is 10.2 Å². The lowest BCUT2D eigenvalue weighted by Gasteiger charge is -2.26. The molecule has 3 rings (SSSR count). The minimum absolute atomic E-state index is 0.175. The van der Waals surface area contributed by atoms with Gasteiger partial charge in [-0.1, -0.05) is 0 Å². The summed E-state index contributed by atoms with van der Waals surface area (Å²) < 4.78 is 5.85.